The second-order valence-corrected chi connectivity index (χ2v) is 6.59. The molecular weight excluding hydrogens is 336 g/mol. The highest BCUT2D eigenvalue weighted by atomic mass is 32.2. The zero-order valence-corrected chi connectivity index (χ0v) is 14.9. The van der Waals surface area contributed by atoms with Gasteiger partial charge >= 0.3 is 0 Å². The number of hydrogen-bond donors (Lipinski definition) is 2. The lowest BCUT2D eigenvalue weighted by Gasteiger charge is -2.15. The first kappa shape index (κ1) is 17.0. The molecule has 0 saturated carbocycles. The highest BCUT2D eigenvalue weighted by Crippen LogP contribution is 2.34. The lowest BCUT2D eigenvalue weighted by atomic mass is 9.99. The maximum Gasteiger partial charge on any atom is 0.151 e. The van der Waals surface area contributed by atoms with Gasteiger partial charge in [-0.15, -0.1) is 5.10 Å². The lowest BCUT2D eigenvalue weighted by molar-refractivity contribution is 0.614. The summed E-state index contributed by atoms with van der Waals surface area (Å²) < 4.78 is 24.8. The number of benzene rings is 1. The Bertz CT molecular complexity index is 1050. The van der Waals surface area contributed by atoms with Crippen molar-refractivity contribution in [3.63, 3.8) is 0 Å². The van der Waals surface area contributed by atoms with Crippen molar-refractivity contribution in [3.8, 4) is 17.2 Å². The third-order valence-electron chi connectivity index (χ3n) is 4.14. The van der Waals surface area contributed by atoms with E-state index in [-0.39, 0.29) is 5.75 Å². The molecule has 0 bridgehead atoms. The number of nitrogens with one attached hydrogen (secondary N) is 1. The summed E-state index contributed by atoms with van der Waals surface area (Å²) in [5, 5.41) is 16.8. The smallest absolute Gasteiger partial charge is 0.151 e. The molecule has 0 aliphatic heterocycles. The van der Waals surface area contributed by atoms with Crippen LogP contribution in [-0.2, 0) is 22.9 Å². The number of rotatable bonds is 5. The van der Waals surface area contributed by atoms with Crippen molar-refractivity contribution in [1.29, 1.82) is 5.26 Å². The van der Waals surface area contributed by atoms with Gasteiger partial charge in [-0.05, 0) is 36.2 Å². The quantitative estimate of drug-likeness (QED) is 0.688. The Morgan fingerprint density at radius 1 is 1.28 bits per heavy atom. The van der Waals surface area contributed by atoms with Crippen LogP contribution in [0.3, 0.4) is 0 Å². The van der Waals surface area contributed by atoms with Crippen molar-refractivity contribution in [1.82, 2.24) is 9.61 Å². The van der Waals surface area contributed by atoms with Crippen molar-refractivity contribution in [2.75, 3.05) is 12.4 Å². The van der Waals surface area contributed by atoms with Crippen LogP contribution in [0.1, 0.15) is 23.7 Å². The van der Waals surface area contributed by atoms with Crippen LogP contribution in [0.2, 0.25) is 0 Å². The standard InChI is InChI=1S/C18H18N4O2S/c1-3-14-7-8-16-17(13-6-4-5-12(9-13)10-19)15(11-25(23)24)18(20-2)21-22(14)16/h4-9,25H,3,11H2,1-2H3,(H,20,21). The molecule has 3 aromatic rings. The first-order valence-electron chi connectivity index (χ1n) is 7.92. The van der Waals surface area contributed by atoms with Crippen LogP contribution in [0.5, 0.6) is 0 Å². The molecule has 25 heavy (non-hydrogen) atoms. The molecule has 0 aliphatic rings. The normalized spacial score (nSPS) is 11.0. The van der Waals surface area contributed by atoms with Gasteiger partial charge in [0.2, 0.25) is 0 Å². The van der Waals surface area contributed by atoms with Gasteiger partial charge in [0, 0.05) is 23.9 Å². The minimum atomic E-state index is -2.62. The molecule has 0 radical (unpaired) electrons. The molecule has 1 N–H and O–H groups in total. The minimum absolute atomic E-state index is 0.117. The van der Waals surface area contributed by atoms with Crippen molar-refractivity contribution in [2.45, 2.75) is 19.1 Å². The molecule has 3 rings (SSSR count). The number of nitrogens with zero attached hydrogens (tertiary/aromatic N) is 3. The monoisotopic (exact) mass is 354 g/mol. The molecular formula is C18H18N4O2S. The average Bonchev–Trinajstić information content (AvgIpc) is 3.03. The Labute approximate surface area is 147 Å². The molecule has 7 heteroatoms. The van der Waals surface area contributed by atoms with Crippen LogP contribution in [0, 0.1) is 11.3 Å². The Morgan fingerprint density at radius 2 is 2.08 bits per heavy atom. The topological polar surface area (TPSA) is 87.3 Å². The fourth-order valence-corrected chi connectivity index (χ4v) is 3.60. The molecule has 0 atom stereocenters. The van der Waals surface area contributed by atoms with Gasteiger partial charge in [0.25, 0.3) is 0 Å². The molecule has 0 aliphatic carbocycles. The summed E-state index contributed by atoms with van der Waals surface area (Å²) in [4.78, 5) is 0. The third kappa shape index (κ3) is 3.08. The van der Waals surface area contributed by atoms with Gasteiger partial charge in [-0.1, -0.05) is 19.1 Å². The largest absolute Gasteiger partial charge is 0.371 e. The number of hydrogen-bond acceptors (Lipinski definition) is 5. The first-order valence-corrected chi connectivity index (χ1v) is 9.28. The summed E-state index contributed by atoms with van der Waals surface area (Å²) in [6.07, 6.45) is 0.803. The summed E-state index contributed by atoms with van der Waals surface area (Å²) >= 11 is 0. The molecule has 0 spiro atoms. The molecule has 0 amide bonds. The summed E-state index contributed by atoms with van der Waals surface area (Å²) in [7, 11) is -0.901. The van der Waals surface area contributed by atoms with E-state index in [4.69, 9.17) is 0 Å². The molecule has 0 saturated heterocycles. The van der Waals surface area contributed by atoms with Crippen LogP contribution in [0.25, 0.3) is 16.6 Å². The molecule has 1 aromatic carbocycles. The minimum Gasteiger partial charge on any atom is -0.371 e. The third-order valence-corrected chi connectivity index (χ3v) is 4.72. The van der Waals surface area contributed by atoms with Crippen molar-refractivity contribution >= 4 is 22.0 Å². The van der Waals surface area contributed by atoms with Crippen molar-refractivity contribution in [3.05, 3.63) is 53.2 Å². The van der Waals surface area contributed by atoms with Gasteiger partial charge < -0.3 is 5.32 Å². The zero-order chi connectivity index (χ0) is 18.0. The molecule has 6 nitrogen and oxygen atoms in total. The molecule has 0 fully saturated rings. The summed E-state index contributed by atoms with van der Waals surface area (Å²) in [5.41, 5.74) is 4.59. The Balaban J connectivity index is 2.43. The van der Waals surface area contributed by atoms with Crippen molar-refractivity contribution in [2.24, 2.45) is 0 Å². The van der Waals surface area contributed by atoms with Gasteiger partial charge in [0.15, 0.2) is 5.82 Å². The lowest BCUT2D eigenvalue weighted by Crippen LogP contribution is -2.08. The van der Waals surface area contributed by atoms with E-state index in [1.807, 2.05) is 29.6 Å². The fraction of sp³-hybridized carbons (Fsp3) is 0.222. The van der Waals surface area contributed by atoms with Crippen LogP contribution in [0.4, 0.5) is 5.82 Å². The van der Waals surface area contributed by atoms with E-state index in [1.165, 1.54) is 0 Å². The van der Waals surface area contributed by atoms with E-state index in [0.29, 0.717) is 16.9 Å². The van der Waals surface area contributed by atoms with Gasteiger partial charge in [-0.25, -0.2) is 12.9 Å². The summed E-state index contributed by atoms with van der Waals surface area (Å²) in [6, 6.07) is 13.2. The second-order valence-electron chi connectivity index (χ2n) is 5.61. The Hall–Kier alpha value is -2.85. The highest BCUT2D eigenvalue weighted by molar-refractivity contribution is 7.71. The molecule has 2 heterocycles. The highest BCUT2D eigenvalue weighted by Gasteiger charge is 2.19. The van der Waals surface area contributed by atoms with Gasteiger partial charge in [-0.3, -0.25) is 0 Å². The maximum absolute atomic E-state index is 11.5. The number of aryl methyl sites for hydroxylation is 1. The maximum atomic E-state index is 11.5. The van der Waals surface area contributed by atoms with Gasteiger partial charge in [0.1, 0.15) is 10.7 Å². The zero-order valence-electron chi connectivity index (χ0n) is 14.0. The SMILES string of the molecule is CCc1ccc2c(-c3cccc(C#N)c3)c(C[SH](=O)=O)c(NC)nn12. The Morgan fingerprint density at radius 3 is 2.72 bits per heavy atom. The van der Waals surface area contributed by atoms with E-state index >= 15 is 0 Å². The number of fused-ring (bicyclic) bond motifs is 1. The van der Waals surface area contributed by atoms with E-state index in [1.54, 1.807) is 25.2 Å². The predicted octanol–water partition coefficient (Wildman–Crippen LogP) is 2.59. The predicted molar refractivity (Wildman–Crippen MR) is 98.3 cm³/mol. The van der Waals surface area contributed by atoms with E-state index in [0.717, 1.165) is 28.8 Å². The second kappa shape index (κ2) is 6.95. The van der Waals surface area contributed by atoms with E-state index < -0.39 is 10.7 Å². The number of nitriles is 1. The van der Waals surface area contributed by atoms with Crippen LogP contribution >= 0.6 is 0 Å². The van der Waals surface area contributed by atoms with Gasteiger partial charge in [0.05, 0.1) is 22.9 Å². The summed E-state index contributed by atoms with van der Waals surface area (Å²) in [5.74, 6) is 0.406. The van der Waals surface area contributed by atoms with Crippen LogP contribution in [-0.4, -0.2) is 25.1 Å². The Kier molecular flexibility index (Phi) is 4.72. The number of anilines is 1. The number of thiol groups is 1. The number of aromatic nitrogens is 2. The van der Waals surface area contributed by atoms with E-state index in [9.17, 15) is 13.7 Å². The average molecular weight is 354 g/mol. The van der Waals surface area contributed by atoms with Crippen LogP contribution < -0.4 is 5.32 Å². The van der Waals surface area contributed by atoms with Gasteiger partial charge in [-0.2, -0.15) is 5.26 Å². The van der Waals surface area contributed by atoms with Crippen molar-refractivity contribution < 1.29 is 8.42 Å². The first-order chi connectivity index (χ1) is 12.1. The fourth-order valence-electron chi connectivity index (χ4n) is 3.03. The summed E-state index contributed by atoms with van der Waals surface area (Å²) in [6.45, 7) is 2.04. The van der Waals surface area contributed by atoms with E-state index in [2.05, 4.69) is 16.5 Å². The van der Waals surface area contributed by atoms with Crippen LogP contribution in [0.15, 0.2) is 36.4 Å². The molecule has 2 aromatic heterocycles. The molecule has 128 valence electrons. The molecule has 0 unspecified atom stereocenters.